The Labute approximate surface area is 178 Å². The SMILES string of the molecule is Cc1ccc(=O)n(CC(=O)N2CCN(C3NC(=O)C(F)C(c4ccccc4)N3)CC2)n1. The Bertz CT molecular complexity index is 1010. The number of hydrogen-bond donors (Lipinski definition) is 2. The minimum absolute atomic E-state index is 0.113. The van der Waals surface area contributed by atoms with E-state index >= 15 is 0 Å². The van der Waals surface area contributed by atoms with Crippen molar-refractivity contribution in [2.75, 3.05) is 26.2 Å². The third kappa shape index (κ3) is 4.64. The summed E-state index contributed by atoms with van der Waals surface area (Å²) in [5.74, 6) is -0.840. The van der Waals surface area contributed by atoms with Gasteiger partial charge in [0.15, 0.2) is 6.17 Å². The number of amides is 2. The summed E-state index contributed by atoms with van der Waals surface area (Å²) in [6.07, 6.45) is -2.20. The molecule has 2 amide bonds. The minimum atomic E-state index is -1.68. The third-order valence-electron chi connectivity index (χ3n) is 5.64. The number of rotatable bonds is 4. The van der Waals surface area contributed by atoms with Gasteiger partial charge in [0.25, 0.3) is 11.5 Å². The lowest BCUT2D eigenvalue weighted by molar-refractivity contribution is -0.138. The number of aryl methyl sites for hydroxylation is 1. The minimum Gasteiger partial charge on any atom is -0.339 e. The average Bonchev–Trinajstić information content (AvgIpc) is 2.78. The van der Waals surface area contributed by atoms with Crippen LogP contribution in [0.1, 0.15) is 17.3 Å². The molecule has 1 aromatic carbocycles. The van der Waals surface area contributed by atoms with E-state index in [-0.39, 0.29) is 18.0 Å². The zero-order valence-electron chi connectivity index (χ0n) is 17.2. The highest BCUT2D eigenvalue weighted by Gasteiger charge is 2.40. The highest BCUT2D eigenvalue weighted by atomic mass is 19.1. The fourth-order valence-corrected chi connectivity index (χ4v) is 3.91. The smallest absolute Gasteiger partial charge is 0.267 e. The monoisotopic (exact) mass is 428 g/mol. The number of nitrogens with one attached hydrogen (secondary N) is 2. The Morgan fingerprint density at radius 1 is 1.10 bits per heavy atom. The van der Waals surface area contributed by atoms with E-state index in [1.54, 1.807) is 30.0 Å². The second-order valence-electron chi connectivity index (χ2n) is 7.76. The molecule has 2 fully saturated rings. The Balaban J connectivity index is 1.37. The van der Waals surface area contributed by atoms with Crippen LogP contribution in [0.25, 0.3) is 0 Å². The molecular weight excluding hydrogens is 403 g/mol. The molecule has 2 N–H and O–H groups in total. The molecule has 3 heterocycles. The van der Waals surface area contributed by atoms with E-state index in [9.17, 15) is 18.8 Å². The standard InChI is InChI=1S/C21H25FN6O3/c1-14-7-8-16(29)28(25-14)13-17(30)26-9-11-27(12-10-26)21-23-19(18(22)20(31)24-21)15-5-3-2-4-6-15/h2-8,18-19,21,23H,9-13H2,1H3,(H,24,31). The van der Waals surface area contributed by atoms with Crippen LogP contribution in [0.15, 0.2) is 47.3 Å². The van der Waals surface area contributed by atoms with Crippen molar-refractivity contribution in [2.45, 2.75) is 32.0 Å². The lowest BCUT2D eigenvalue weighted by Crippen LogP contribution is -2.67. The molecule has 0 spiro atoms. The van der Waals surface area contributed by atoms with Gasteiger partial charge in [-0.15, -0.1) is 0 Å². The van der Waals surface area contributed by atoms with Crippen LogP contribution in [0.4, 0.5) is 4.39 Å². The molecule has 1 aromatic heterocycles. The molecule has 0 bridgehead atoms. The highest BCUT2D eigenvalue weighted by molar-refractivity contribution is 5.82. The van der Waals surface area contributed by atoms with Crippen LogP contribution in [0.5, 0.6) is 0 Å². The maximum atomic E-state index is 14.5. The fourth-order valence-electron chi connectivity index (χ4n) is 3.91. The molecule has 31 heavy (non-hydrogen) atoms. The maximum absolute atomic E-state index is 14.5. The Kier molecular flexibility index (Phi) is 6.10. The van der Waals surface area contributed by atoms with Crippen LogP contribution in [0, 0.1) is 6.92 Å². The Morgan fingerprint density at radius 2 is 1.81 bits per heavy atom. The van der Waals surface area contributed by atoms with Gasteiger partial charge in [-0.2, -0.15) is 5.10 Å². The lowest BCUT2D eigenvalue weighted by Gasteiger charge is -2.43. The van der Waals surface area contributed by atoms with Crippen LogP contribution in [-0.2, 0) is 16.1 Å². The van der Waals surface area contributed by atoms with Crippen molar-refractivity contribution in [2.24, 2.45) is 0 Å². The van der Waals surface area contributed by atoms with Gasteiger partial charge in [-0.1, -0.05) is 30.3 Å². The van der Waals surface area contributed by atoms with Crippen molar-refractivity contribution < 1.29 is 14.0 Å². The summed E-state index contributed by atoms with van der Waals surface area (Å²) in [5, 5.41) is 9.95. The number of halogens is 1. The summed E-state index contributed by atoms with van der Waals surface area (Å²) in [6, 6.07) is 11.3. The van der Waals surface area contributed by atoms with Crippen molar-refractivity contribution >= 4 is 11.8 Å². The van der Waals surface area contributed by atoms with Crippen LogP contribution in [0.2, 0.25) is 0 Å². The van der Waals surface area contributed by atoms with E-state index in [1.807, 2.05) is 23.1 Å². The molecule has 10 heteroatoms. The van der Waals surface area contributed by atoms with E-state index in [1.165, 1.54) is 10.7 Å². The molecule has 2 aromatic rings. The number of piperazine rings is 1. The van der Waals surface area contributed by atoms with E-state index in [0.717, 1.165) is 0 Å². The summed E-state index contributed by atoms with van der Waals surface area (Å²) >= 11 is 0. The summed E-state index contributed by atoms with van der Waals surface area (Å²) in [7, 11) is 0. The van der Waals surface area contributed by atoms with Gasteiger partial charge in [-0.05, 0) is 18.6 Å². The molecule has 0 aliphatic carbocycles. The molecule has 9 nitrogen and oxygen atoms in total. The molecule has 4 rings (SSSR count). The molecule has 3 unspecified atom stereocenters. The lowest BCUT2D eigenvalue weighted by atomic mass is 10.00. The van der Waals surface area contributed by atoms with Crippen LogP contribution in [-0.4, -0.2) is 70.0 Å². The second-order valence-corrected chi connectivity index (χ2v) is 7.76. The zero-order valence-corrected chi connectivity index (χ0v) is 17.2. The van der Waals surface area contributed by atoms with E-state index in [0.29, 0.717) is 37.4 Å². The highest BCUT2D eigenvalue weighted by Crippen LogP contribution is 2.24. The first kappa shape index (κ1) is 21.1. The Morgan fingerprint density at radius 3 is 2.52 bits per heavy atom. The van der Waals surface area contributed by atoms with Crippen LogP contribution in [0.3, 0.4) is 0 Å². The largest absolute Gasteiger partial charge is 0.339 e. The van der Waals surface area contributed by atoms with Gasteiger partial charge >= 0.3 is 0 Å². The summed E-state index contributed by atoms with van der Waals surface area (Å²) in [4.78, 5) is 40.4. The van der Waals surface area contributed by atoms with Gasteiger partial charge in [0.1, 0.15) is 12.8 Å². The number of alkyl halides is 1. The van der Waals surface area contributed by atoms with E-state index in [4.69, 9.17) is 0 Å². The molecule has 0 saturated carbocycles. The van der Waals surface area contributed by atoms with Gasteiger partial charge < -0.3 is 10.2 Å². The topological polar surface area (TPSA) is 99.6 Å². The number of hydrogen-bond acceptors (Lipinski definition) is 6. The van der Waals surface area contributed by atoms with Crippen molar-refractivity contribution in [3.8, 4) is 0 Å². The van der Waals surface area contributed by atoms with E-state index < -0.39 is 24.4 Å². The van der Waals surface area contributed by atoms with Crippen LogP contribution < -0.4 is 16.2 Å². The third-order valence-corrected chi connectivity index (χ3v) is 5.64. The van der Waals surface area contributed by atoms with E-state index in [2.05, 4.69) is 15.7 Å². The Hall–Kier alpha value is -3.11. The fraction of sp³-hybridized carbons (Fsp3) is 0.429. The summed E-state index contributed by atoms with van der Waals surface area (Å²) in [5.41, 5.74) is 1.05. The van der Waals surface area contributed by atoms with Crippen LogP contribution >= 0.6 is 0 Å². The number of nitrogens with zero attached hydrogens (tertiary/aromatic N) is 4. The predicted octanol–water partition coefficient (Wildman–Crippen LogP) is -0.222. The molecule has 2 aliphatic heterocycles. The normalized spacial score (nSPS) is 24.6. The first-order valence-electron chi connectivity index (χ1n) is 10.2. The van der Waals surface area contributed by atoms with Gasteiger partial charge in [0.2, 0.25) is 5.91 Å². The number of benzene rings is 1. The van der Waals surface area contributed by atoms with Gasteiger partial charge in [-0.25, -0.2) is 9.07 Å². The molecule has 2 aliphatic rings. The maximum Gasteiger partial charge on any atom is 0.267 e. The van der Waals surface area contributed by atoms with Crippen molar-refractivity contribution in [3.63, 3.8) is 0 Å². The average molecular weight is 428 g/mol. The molecule has 0 radical (unpaired) electrons. The second kappa shape index (κ2) is 8.94. The van der Waals surface area contributed by atoms with Crippen molar-refractivity contribution in [1.29, 1.82) is 0 Å². The van der Waals surface area contributed by atoms with Gasteiger partial charge in [0, 0.05) is 32.2 Å². The molecule has 3 atom stereocenters. The van der Waals surface area contributed by atoms with Crippen molar-refractivity contribution in [1.82, 2.24) is 30.2 Å². The molecule has 2 saturated heterocycles. The number of carbonyl (C=O) groups excluding carboxylic acids is 2. The quantitative estimate of drug-likeness (QED) is 0.699. The summed E-state index contributed by atoms with van der Waals surface area (Å²) < 4.78 is 15.7. The first-order valence-corrected chi connectivity index (χ1v) is 10.2. The zero-order chi connectivity index (χ0) is 22.0. The number of aromatic nitrogens is 2. The van der Waals surface area contributed by atoms with Gasteiger partial charge in [-0.3, -0.25) is 24.6 Å². The number of carbonyl (C=O) groups is 2. The molecule has 164 valence electrons. The first-order chi connectivity index (χ1) is 14.9. The van der Waals surface area contributed by atoms with Crippen molar-refractivity contribution in [3.05, 3.63) is 64.1 Å². The predicted molar refractivity (Wildman–Crippen MR) is 111 cm³/mol. The summed E-state index contributed by atoms with van der Waals surface area (Å²) in [6.45, 7) is 3.51. The van der Waals surface area contributed by atoms with Gasteiger partial charge in [0.05, 0.1) is 11.7 Å². The molecular formula is C21H25FN6O3.